The van der Waals surface area contributed by atoms with Crippen LogP contribution in [0.15, 0.2) is 0 Å². The maximum Gasteiger partial charge on any atom is 0.0778 e. The number of rotatable bonds is 7. The van der Waals surface area contributed by atoms with Crippen LogP contribution in [0.25, 0.3) is 0 Å². The molecule has 1 atom stereocenters. The Balaban J connectivity index is 4.29. The predicted molar refractivity (Wildman–Crippen MR) is 62.6 cm³/mol. The van der Waals surface area contributed by atoms with Crippen LogP contribution in [0.1, 0.15) is 48.0 Å². The van der Waals surface area contributed by atoms with Gasteiger partial charge in [-0.2, -0.15) is 0 Å². The molecule has 0 aliphatic heterocycles. The van der Waals surface area contributed by atoms with Crippen molar-refractivity contribution in [2.45, 2.75) is 59.6 Å². The maximum absolute atomic E-state index is 5.78. The van der Waals surface area contributed by atoms with E-state index in [0.29, 0.717) is 12.0 Å². The van der Waals surface area contributed by atoms with Crippen molar-refractivity contribution in [2.75, 3.05) is 13.2 Å². The van der Waals surface area contributed by atoms with Crippen molar-refractivity contribution in [3.8, 4) is 0 Å². The van der Waals surface area contributed by atoms with E-state index < -0.39 is 0 Å². The first-order valence-electron chi connectivity index (χ1n) is 5.81. The van der Waals surface area contributed by atoms with Crippen LogP contribution in [0.5, 0.6) is 0 Å². The summed E-state index contributed by atoms with van der Waals surface area (Å²) in [6, 6.07) is 0.451. The summed E-state index contributed by atoms with van der Waals surface area (Å²) in [5, 5.41) is 3.51. The van der Waals surface area contributed by atoms with Crippen LogP contribution in [0.4, 0.5) is 0 Å². The zero-order valence-electron chi connectivity index (χ0n) is 10.7. The molecule has 0 bridgehead atoms. The molecule has 0 amide bonds. The summed E-state index contributed by atoms with van der Waals surface area (Å²) in [6.45, 7) is 14.9. The van der Waals surface area contributed by atoms with Gasteiger partial charge in [0, 0.05) is 12.6 Å². The fourth-order valence-corrected chi connectivity index (χ4v) is 1.80. The topological polar surface area (TPSA) is 21.3 Å². The van der Waals surface area contributed by atoms with E-state index in [0.717, 1.165) is 13.2 Å². The van der Waals surface area contributed by atoms with Gasteiger partial charge in [-0.25, -0.2) is 0 Å². The average Bonchev–Trinajstić information content (AvgIpc) is 2.02. The number of nitrogens with one attached hydrogen (secondary N) is 1. The van der Waals surface area contributed by atoms with Gasteiger partial charge in [-0.1, -0.05) is 20.8 Å². The first-order valence-corrected chi connectivity index (χ1v) is 5.81. The molecule has 0 aliphatic rings. The molecule has 0 aliphatic carbocycles. The van der Waals surface area contributed by atoms with E-state index >= 15 is 0 Å². The molecule has 0 saturated carbocycles. The minimum atomic E-state index is -0.0605. The van der Waals surface area contributed by atoms with Crippen molar-refractivity contribution in [2.24, 2.45) is 5.92 Å². The van der Waals surface area contributed by atoms with Crippen molar-refractivity contribution in [1.82, 2.24) is 5.32 Å². The van der Waals surface area contributed by atoms with E-state index in [2.05, 4.69) is 46.9 Å². The lowest BCUT2D eigenvalue weighted by Crippen LogP contribution is -2.49. The van der Waals surface area contributed by atoms with Crippen molar-refractivity contribution in [1.29, 1.82) is 0 Å². The molecule has 14 heavy (non-hydrogen) atoms. The number of likely N-dealkylation sites (N-methyl/N-ethyl adjacent to an activating group) is 1. The van der Waals surface area contributed by atoms with E-state index in [-0.39, 0.29) is 5.60 Å². The lowest BCUT2D eigenvalue weighted by molar-refractivity contribution is -0.0423. The number of ether oxygens (including phenoxy) is 1. The Morgan fingerprint density at radius 2 is 1.79 bits per heavy atom. The highest BCUT2D eigenvalue weighted by Gasteiger charge is 2.29. The molecule has 0 saturated heterocycles. The second-order valence-corrected chi connectivity index (χ2v) is 4.78. The first kappa shape index (κ1) is 13.9. The third kappa shape index (κ3) is 4.97. The van der Waals surface area contributed by atoms with Crippen molar-refractivity contribution < 1.29 is 4.74 Å². The van der Waals surface area contributed by atoms with Gasteiger partial charge < -0.3 is 10.1 Å². The fraction of sp³-hybridized carbons (Fsp3) is 1.00. The normalized spacial score (nSPS) is 14.8. The highest BCUT2D eigenvalue weighted by atomic mass is 16.5. The Kier molecular flexibility index (Phi) is 6.38. The van der Waals surface area contributed by atoms with Gasteiger partial charge in [0.15, 0.2) is 0 Å². The summed E-state index contributed by atoms with van der Waals surface area (Å²) in [5.74, 6) is 0.707. The zero-order chi connectivity index (χ0) is 11.2. The molecule has 2 heteroatoms. The molecule has 86 valence electrons. The monoisotopic (exact) mass is 201 g/mol. The summed E-state index contributed by atoms with van der Waals surface area (Å²) in [4.78, 5) is 0. The molecule has 0 radical (unpaired) electrons. The van der Waals surface area contributed by atoms with Crippen LogP contribution in [-0.4, -0.2) is 24.8 Å². The Morgan fingerprint density at radius 1 is 1.21 bits per heavy atom. The van der Waals surface area contributed by atoms with Crippen LogP contribution in [0.3, 0.4) is 0 Å². The van der Waals surface area contributed by atoms with Crippen molar-refractivity contribution in [3.05, 3.63) is 0 Å². The zero-order valence-corrected chi connectivity index (χ0v) is 10.7. The largest absolute Gasteiger partial charge is 0.374 e. The predicted octanol–water partition coefficient (Wildman–Crippen LogP) is 2.83. The molecular formula is C12H27NO. The Hall–Kier alpha value is -0.0800. The summed E-state index contributed by atoms with van der Waals surface area (Å²) in [7, 11) is 0. The molecule has 0 aromatic rings. The van der Waals surface area contributed by atoms with E-state index in [4.69, 9.17) is 4.74 Å². The van der Waals surface area contributed by atoms with Crippen LogP contribution < -0.4 is 5.32 Å². The standard InChI is InChI=1S/C12H27NO/c1-7-13-11(9-10(3)4)12(5,6)14-8-2/h10-11,13H,7-9H2,1-6H3. The molecule has 1 unspecified atom stereocenters. The second kappa shape index (κ2) is 6.41. The van der Waals surface area contributed by atoms with E-state index in [9.17, 15) is 0 Å². The van der Waals surface area contributed by atoms with E-state index in [1.165, 1.54) is 6.42 Å². The average molecular weight is 201 g/mol. The van der Waals surface area contributed by atoms with Crippen LogP contribution in [0, 0.1) is 5.92 Å². The van der Waals surface area contributed by atoms with Crippen LogP contribution >= 0.6 is 0 Å². The van der Waals surface area contributed by atoms with Gasteiger partial charge in [0.2, 0.25) is 0 Å². The van der Waals surface area contributed by atoms with Crippen molar-refractivity contribution in [3.63, 3.8) is 0 Å². The van der Waals surface area contributed by atoms with Crippen molar-refractivity contribution >= 4 is 0 Å². The summed E-state index contributed by atoms with van der Waals surface area (Å²) in [5.41, 5.74) is -0.0605. The fourth-order valence-electron chi connectivity index (χ4n) is 1.80. The highest BCUT2D eigenvalue weighted by Crippen LogP contribution is 2.20. The lowest BCUT2D eigenvalue weighted by Gasteiger charge is -2.35. The highest BCUT2D eigenvalue weighted by molar-refractivity contribution is 4.86. The SMILES string of the molecule is CCNC(CC(C)C)C(C)(C)OCC. The first-order chi connectivity index (χ1) is 6.44. The molecule has 1 N–H and O–H groups in total. The van der Waals surface area contributed by atoms with Gasteiger partial charge in [0.25, 0.3) is 0 Å². The van der Waals surface area contributed by atoms with Crippen LogP contribution in [0.2, 0.25) is 0 Å². The third-order valence-electron chi connectivity index (χ3n) is 2.51. The van der Waals surface area contributed by atoms with Gasteiger partial charge in [0.1, 0.15) is 0 Å². The molecular weight excluding hydrogens is 174 g/mol. The minimum Gasteiger partial charge on any atom is -0.374 e. The molecule has 0 fully saturated rings. The molecule has 0 heterocycles. The van der Waals surface area contributed by atoms with E-state index in [1.807, 2.05) is 0 Å². The lowest BCUT2D eigenvalue weighted by atomic mass is 9.90. The second-order valence-electron chi connectivity index (χ2n) is 4.78. The van der Waals surface area contributed by atoms with Crippen LogP contribution in [-0.2, 0) is 4.74 Å². The molecule has 0 spiro atoms. The maximum atomic E-state index is 5.78. The Bertz CT molecular complexity index is 143. The van der Waals surface area contributed by atoms with Gasteiger partial charge in [-0.3, -0.25) is 0 Å². The summed E-state index contributed by atoms with van der Waals surface area (Å²) in [6.07, 6.45) is 1.17. The number of hydrogen-bond donors (Lipinski definition) is 1. The molecule has 0 aromatic heterocycles. The minimum absolute atomic E-state index is 0.0605. The summed E-state index contributed by atoms with van der Waals surface area (Å²) < 4.78 is 5.78. The van der Waals surface area contributed by atoms with Gasteiger partial charge >= 0.3 is 0 Å². The molecule has 0 aromatic carbocycles. The third-order valence-corrected chi connectivity index (χ3v) is 2.51. The molecule has 0 rings (SSSR count). The Labute approximate surface area is 89.4 Å². The quantitative estimate of drug-likeness (QED) is 0.684. The van der Waals surface area contributed by atoms with E-state index in [1.54, 1.807) is 0 Å². The molecule has 2 nitrogen and oxygen atoms in total. The van der Waals surface area contributed by atoms with Gasteiger partial charge in [-0.15, -0.1) is 0 Å². The smallest absolute Gasteiger partial charge is 0.0778 e. The van der Waals surface area contributed by atoms with Gasteiger partial charge in [-0.05, 0) is 39.7 Å². The Morgan fingerprint density at radius 3 is 2.14 bits per heavy atom. The van der Waals surface area contributed by atoms with Gasteiger partial charge in [0.05, 0.1) is 5.60 Å². The summed E-state index contributed by atoms with van der Waals surface area (Å²) >= 11 is 0. The number of hydrogen-bond acceptors (Lipinski definition) is 2.